The number of allylic oxidation sites excluding steroid dienone is 6. The molecule has 8 rings (SSSR count). The van der Waals surface area contributed by atoms with E-state index < -0.39 is 11.6 Å². The number of carbonyl (C=O) groups excluding carboxylic acids is 4. The Hall–Kier alpha value is -4.58. The zero-order valence-electron chi connectivity index (χ0n) is 42.9. The van der Waals surface area contributed by atoms with Gasteiger partial charge in [0.2, 0.25) is 0 Å². The van der Waals surface area contributed by atoms with E-state index in [1.54, 1.807) is 40.6 Å². The van der Waals surface area contributed by atoms with Gasteiger partial charge >= 0.3 is 11.9 Å². The number of fused-ring (bicyclic) bond motifs is 4. The Labute approximate surface area is 434 Å². The van der Waals surface area contributed by atoms with Crippen molar-refractivity contribution >= 4 is 45.9 Å². The molecular formula is C56H74N2O12S2. The van der Waals surface area contributed by atoms with Gasteiger partial charge in [0.05, 0.1) is 38.5 Å². The van der Waals surface area contributed by atoms with Crippen molar-refractivity contribution in [1.29, 1.82) is 0 Å². The number of thioether (sulfide) groups is 2. The molecule has 0 N–H and O–H groups in total. The monoisotopic (exact) mass is 1030 g/mol. The van der Waals surface area contributed by atoms with E-state index in [0.29, 0.717) is 50.3 Å². The Bertz CT molecular complexity index is 2110. The second-order valence-electron chi connectivity index (χ2n) is 19.5. The molecule has 72 heavy (non-hydrogen) atoms. The van der Waals surface area contributed by atoms with Crippen molar-refractivity contribution in [2.75, 3.05) is 39.9 Å². The maximum Gasteiger partial charge on any atom is 0.330 e. The Morgan fingerprint density at radius 2 is 0.944 bits per heavy atom. The molecule has 6 heterocycles. The number of ether oxygens (including phenoxy) is 8. The van der Waals surface area contributed by atoms with Crippen molar-refractivity contribution in [2.45, 2.75) is 165 Å². The Morgan fingerprint density at radius 1 is 0.556 bits per heavy atom. The van der Waals surface area contributed by atoms with Gasteiger partial charge in [-0.25, -0.2) is 9.59 Å². The van der Waals surface area contributed by atoms with Gasteiger partial charge in [-0.2, -0.15) is 0 Å². The average molecular weight is 1030 g/mol. The first kappa shape index (κ1) is 55.2. The Balaban J connectivity index is 0.000000211. The number of nitrogens with zero attached hydrogens (tertiary/aromatic N) is 2. The van der Waals surface area contributed by atoms with Crippen LogP contribution in [0.25, 0.3) is 0 Å². The Kier molecular flexibility index (Phi) is 20.4. The fourth-order valence-corrected chi connectivity index (χ4v) is 12.6. The number of rotatable bonds is 10. The number of carbonyl (C=O) groups is 4. The summed E-state index contributed by atoms with van der Waals surface area (Å²) in [4.78, 5) is 55.1. The first-order chi connectivity index (χ1) is 34.8. The van der Waals surface area contributed by atoms with E-state index in [-0.39, 0.29) is 58.9 Å². The van der Waals surface area contributed by atoms with Crippen molar-refractivity contribution < 1.29 is 57.1 Å². The lowest BCUT2D eigenvalue weighted by Gasteiger charge is -2.48. The first-order valence-electron chi connectivity index (χ1n) is 25.5. The molecule has 6 aliphatic rings. The minimum Gasteiger partial charge on any atom is -0.497 e. The van der Waals surface area contributed by atoms with Crippen LogP contribution in [0.5, 0.6) is 11.5 Å². The van der Waals surface area contributed by atoms with Gasteiger partial charge in [0.1, 0.15) is 23.7 Å². The van der Waals surface area contributed by atoms with Crippen LogP contribution in [0.1, 0.15) is 115 Å². The van der Waals surface area contributed by atoms with E-state index in [4.69, 9.17) is 37.9 Å². The molecule has 0 spiro atoms. The van der Waals surface area contributed by atoms with Crippen LogP contribution in [0.4, 0.5) is 9.59 Å². The summed E-state index contributed by atoms with van der Waals surface area (Å²) in [5.74, 6) is -0.0978. The molecule has 6 aliphatic heterocycles. The molecule has 0 aliphatic carbocycles. The molecule has 2 aromatic carbocycles. The van der Waals surface area contributed by atoms with Gasteiger partial charge in [0.15, 0.2) is 11.6 Å². The Morgan fingerprint density at radius 3 is 1.32 bits per heavy atom. The molecule has 2 aromatic rings. The highest BCUT2D eigenvalue weighted by Crippen LogP contribution is 2.45. The number of methoxy groups -OCH3 is 4. The minimum absolute atomic E-state index is 0.00246. The van der Waals surface area contributed by atoms with E-state index in [0.717, 1.165) is 98.0 Å². The largest absolute Gasteiger partial charge is 0.497 e. The predicted octanol–water partition coefficient (Wildman–Crippen LogP) is 11.3. The van der Waals surface area contributed by atoms with Gasteiger partial charge in [-0.3, -0.25) is 9.59 Å². The van der Waals surface area contributed by atoms with Crippen LogP contribution in [0, 0.1) is 0 Å². The van der Waals surface area contributed by atoms with Crippen molar-refractivity contribution in [3.63, 3.8) is 0 Å². The maximum absolute atomic E-state index is 13.0. The summed E-state index contributed by atoms with van der Waals surface area (Å²) in [6.07, 6.45) is 22.2. The van der Waals surface area contributed by atoms with Crippen LogP contribution in [-0.2, 0) is 51.1 Å². The number of esters is 2. The van der Waals surface area contributed by atoms with Crippen LogP contribution in [0.3, 0.4) is 0 Å². The van der Waals surface area contributed by atoms with Crippen molar-refractivity contribution in [2.24, 2.45) is 0 Å². The second kappa shape index (κ2) is 26.6. The van der Waals surface area contributed by atoms with E-state index in [2.05, 4.69) is 24.3 Å². The molecule has 8 atom stereocenters. The van der Waals surface area contributed by atoms with Crippen LogP contribution < -0.4 is 9.47 Å². The van der Waals surface area contributed by atoms with E-state index in [1.807, 2.05) is 72.2 Å². The van der Waals surface area contributed by atoms with Crippen molar-refractivity contribution in [3.8, 4) is 11.5 Å². The summed E-state index contributed by atoms with van der Waals surface area (Å²) in [5, 5.41) is -0.00491. The lowest BCUT2D eigenvalue weighted by molar-refractivity contribution is -0.306. The summed E-state index contributed by atoms with van der Waals surface area (Å²) in [6.45, 7) is 4.81. The summed E-state index contributed by atoms with van der Waals surface area (Å²) < 4.78 is 48.0. The highest BCUT2D eigenvalue weighted by Gasteiger charge is 2.56. The number of hydrogen-bond acceptors (Lipinski definition) is 14. The molecule has 4 fully saturated rings. The summed E-state index contributed by atoms with van der Waals surface area (Å²) in [7, 11) is 6.53. The van der Waals surface area contributed by atoms with Crippen LogP contribution in [0.15, 0.2) is 96.1 Å². The van der Waals surface area contributed by atoms with Crippen molar-refractivity contribution in [3.05, 3.63) is 107 Å². The number of amides is 2. The van der Waals surface area contributed by atoms with E-state index >= 15 is 0 Å². The van der Waals surface area contributed by atoms with E-state index in [1.165, 1.54) is 23.5 Å². The van der Waals surface area contributed by atoms with Gasteiger partial charge in [0.25, 0.3) is 10.5 Å². The molecule has 2 amide bonds. The average Bonchev–Trinajstić information content (AvgIpc) is 3.93. The number of hydrogen-bond donors (Lipinski definition) is 0. The molecule has 392 valence electrons. The minimum atomic E-state index is -1.05. The van der Waals surface area contributed by atoms with Gasteiger partial charge in [-0.1, -0.05) is 83.2 Å². The number of benzene rings is 2. The fourth-order valence-electron chi connectivity index (χ4n) is 10.4. The molecular weight excluding hydrogens is 957 g/mol. The highest BCUT2D eigenvalue weighted by atomic mass is 32.2. The summed E-state index contributed by atoms with van der Waals surface area (Å²) in [5.41, 5.74) is 4.01. The van der Waals surface area contributed by atoms with Gasteiger partial charge < -0.3 is 47.7 Å². The van der Waals surface area contributed by atoms with Crippen LogP contribution in [0.2, 0.25) is 0 Å². The van der Waals surface area contributed by atoms with Gasteiger partial charge in [0, 0.05) is 76.7 Å². The highest BCUT2D eigenvalue weighted by molar-refractivity contribution is 8.14. The quantitative estimate of drug-likeness (QED) is 0.164. The zero-order chi connectivity index (χ0) is 51.1. The van der Waals surface area contributed by atoms with Crippen LogP contribution in [-0.4, -0.2) is 120 Å². The zero-order valence-corrected chi connectivity index (χ0v) is 44.5. The summed E-state index contributed by atoms with van der Waals surface area (Å²) >= 11 is 2.56. The predicted molar refractivity (Wildman–Crippen MR) is 280 cm³/mol. The normalized spacial score (nSPS) is 32.2. The van der Waals surface area contributed by atoms with Gasteiger partial charge in [-0.05, 0) is 113 Å². The first-order valence-corrected chi connectivity index (χ1v) is 27.5. The van der Waals surface area contributed by atoms with Gasteiger partial charge in [-0.15, -0.1) is 0 Å². The van der Waals surface area contributed by atoms with E-state index in [9.17, 15) is 19.2 Å². The third kappa shape index (κ3) is 14.8. The molecule has 0 radical (unpaired) electrons. The maximum atomic E-state index is 13.0. The molecule has 16 heteroatoms. The lowest BCUT2D eigenvalue weighted by atomic mass is 9.90. The SMILES string of the molecule is COc1ccc(CN2C(=O)SC[C@H]2[C@@]2(OC)C[C@H]3C[C@@H](CCC/C=C/CC/C(C)=C\C(=O)O3)O2)cc1.COc1ccc(CN2C(=O)SC[C@H]2[C@@]2(OC)C[C@H]3C[C@@H](CCC/C=C\CC/C(C)=C\C(=O)O3)O2)cc1. The molecule has 14 nitrogen and oxygen atoms in total. The molecule has 4 bridgehead atoms. The molecule has 4 saturated heterocycles. The smallest absolute Gasteiger partial charge is 0.330 e. The molecule has 0 unspecified atom stereocenters. The molecule has 0 saturated carbocycles. The third-order valence-electron chi connectivity index (χ3n) is 14.3. The van der Waals surface area contributed by atoms with Crippen molar-refractivity contribution in [1.82, 2.24) is 9.80 Å². The summed E-state index contributed by atoms with van der Waals surface area (Å²) in [6, 6.07) is 14.8. The van der Waals surface area contributed by atoms with Crippen LogP contribution >= 0.6 is 23.5 Å². The molecule has 0 aromatic heterocycles. The standard InChI is InChI=1S/2C28H37NO6S/c2*1-20-9-7-5-4-6-8-10-23-16-24(34-26(30)15-20)17-28(33-3,35-23)25-19-36-27(31)29(25)18-21-11-13-22(32-2)14-12-21/h2*4-5,11-15,23-25H,6-10,16-19H2,1-3H3/b5-4+,20-15-;5-4-,20-15-/t2*23-,24-,25+,28-/m11/s1. The lowest BCUT2D eigenvalue weighted by Crippen LogP contribution is -2.60. The fraction of sp³-hybridized carbons (Fsp3) is 0.571. The second-order valence-corrected chi connectivity index (χ2v) is 21.5. The topological polar surface area (TPSA) is 149 Å². The third-order valence-corrected chi connectivity index (χ3v) is 16.2.